The van der Waals surface area contributed by atoms with Crippen molar-refractivity contribution < 1.29 is 9.47 Å². The van der Waals surface area contributed by atoms with Crippen LogP contribution in [0, 0.1) is 11.3 Å². The largest absolute Gasteiger partial charge is 0.493 e. The molecule has 0 saturated heterocycles. The predicted octanol–water partition coefficient (Wildman–Crippen LogP) is 5.91. The molecule has 1 heterocycles. The standard InChI is InChI=1S/C26H22ClN3O2/c1-31-24-16-21(12-13-23(24)32-18-20-10-6-3-7-11-20)26-29-25(27)22(14-15-28)30(26)17-19-8-4-2-5-9-19/h2-13,16H,14,17-18H2,1H3. The van der Waals surface area contributed by atoms with Crippen LogP contribution in [0.4, 0.5) is 0 Å². The van der Waals surface area contributed by atoms with E-state index in [0.29, 0.717) is 41.3 Å². The summed E-state index contributed by atoms with van der Waals surface area (Å²) in [5, 5.41) is 9.63. The van der Waals surface area contributed by atoms with Crippen molar-refractivity contribution in [1.29, 1.82) is 5.26 Å². The zero-order chi connectivity index (χ0) is 22.3. The molecule has 160 valence electrons. The number of benzene rings is 3. The van der Waals surface area contributed by atoms with Gasteiger partial charge in [-0.15, -0.1) is 0 Å². The van der Waals surface area contributed by atoms with Crippen LogP contribution in [0.25, 0.3) is 11.4 Å². The Kier molecular flexibility index (Phi) is 6.74. The fourth-order valence-corrected chi connectivity index (χ4v) is 3.77. The summed E-state index contributed by atoms with van der Waals surface area (Å²) in [6.45, 7) is 0.999. The number of aromatic nitrogens is 2. The first kappa shape index (κ1) is 21.5. The zero-order valence-corrected chi connectivity index (χ0v) is 18.4. The average molecular weight is 444 g/mol. The van der Waals surface area contributed by atoms with E-state index in [2.05, 4.69) is 11.1 Å². The lowest BCUT2D eigenvalue weighted by Gasteiger charge is -2.14. The highest BCUT2D eigenvalue weighted by molar-refractivity contribution is 6.30. The molecule has 4 aromatic rings. The first-order valence-electron chi connectivity index (χ1n) is 10.2. The van der Waals surface area contributed by atoms with E-state index in [1.165, 1.54) is 0 Å². The molecule has 0 spiro atoms. The maximum atomic E-state index is 9.30. The van der Waals surface area contributed by atoms with Crippen molar-refractivity contribution >= 4 is 11.6 Å². The highest BCUT2D eigenvalue weighted by Gasteiger charge is 2.19. The minimum absolute atomic E-state index is 0.175. The molecular formula is C26H22ClN3O2. The maximum absolute atomic E-state index is 9.30. The molecule has 4 rings (SSSR count). The van der Waals surface area contributed by atoms with Crippen molar-refractivity contribution in [2.24, 2.45) is 0 Å². The van der Waals surface area contributed by atoms with Crippen molar-refractivity contribution in [3.8, 4) is 29.0 Å². The molecule has 0 radical (unpaired) electrons. The number of ether oxygens (including phenoxy) is 2. The van der Waals surface area contributed by atoms with Crippen LogP contribution in [0.1, 0.15) is 16.8 Å². The topological polar surface area (TPSA) is 60.1 Å². The molecule has 0 atom stereocenters. The average Bonchev–Trinajstić information content (AvgIpc) is 3.14. The first-order chi connectivity index (χ1) is 15.7. The molecule has 5 nitrogen and oxygen atoms in total. The molecule has 3 aromatic carbocycles. The highest BCUT2D eigenvalue weighted by Crippen LogP contribution is 2.34. The van der Waals surface area contributed by atoms with Crippen LogP contribution in [0.5, 0.6) is 11.5 Å². The minimum Gasteiger partial charge on any atom is -0.493 e. The third-order valence-corrected chi connectivity index (χ3v) is 5.42. The summed E-state index contributed by atoms with van der Waals surface area (Å²) in [4.78, 5) is 4.58. The van der Waals surface area contributed by atoms with Gasteiger partial charge in [0.1, 0.15) is 12.4 Å². The number of nitriles is 1. The quantitative estimate of drug-likeness (QED) is 0.340. The van der Waals surface area contributed by atoms with Gasteiger partial charge >= 0.3 is 0 Å². The van der Waals surface area contributed by atoms with Gasteiger partial charge in [0.25, 0.3) is 0 Å². The number of nitrogens with zero attached hydrogens (tertiary/aromatic N) is 3. The van der Waals surface area contributed by atoms with E-state index >= 15 is 0 Å². The first-order valence-corrected chi connectivity index (χ1v) is 10.6. The van der Waals surface area contributed by atoms with Crippen molar-refractivity contribution in [2.75, 3.05) is 7.11 Å². The summed E-state index contributed by atoms with van der Waals surface area (Å²) in [7, 11) is 1.61. The summed E-state index contributed by atoms with van der Waals surface area (Å²) >= 11 is 6.43. The Balaban J connectivity index is 1.68. The van der Waals surface area contributed by atoms with Gasteiger partial charge in [-0.05, 0) is 29.3 Å². The van der Waals surface area contributed by atoms with Gasteiger partial charge in [-0.1, -0.05) is 72.3 Å². The lowest BCUT2D eigenvalue weighted by atomic mass is 10.1. The van der Waals surface area contributed by atoms with E-state index < -0.39 is 0 Å². The molecule has 0 aliphatic heterocycles. The van der Waals surface area contributed by atoms with Gasteiger partial charge in [0.2, 0.25) is 0 Å². The van der Waals surface area contributed by atoms with Gasteiger partial charge in [0, 0.05) is 12.1 Å². The van der Waals surface area contributed by atoms with Gasteiger partial charge in [-0.25, -0.2) is 4.98 Å². The molecule has 0 aliphatic carbocycles. The van der Waals surface area contributed by atoms with Crippen molar-refractivity contribution in [3.05, 3.63) is 101 Å². The second kappa shape index (κ2) is 10.0. The van der Waals surface area contributed by atoms with E-state index in [0.717, 1.165) is 16.7 Å². The van der Waals surface area contributed by atoms with Crippen molar-refractivity contribution in [1.82, 2.24) is 9.55 Å². The van der Waals surface area contributed by atoms with Crippen LogP contribution in [-0.4, -0.2) is 16.7 Å². The Morgan fingerprint density at radius 2 is 1.62 bits per heavy atom. The number of hydrogen-bond acceptors (Lipinski definition) is 4. The molecule has 0 unspecified atom stereocenters. The Hall–Kier alpha value is -3.75. The summed E-state index contributed by atoms with van der Waals surface area (Å²) in [6, 6.07) is 27.9. The summed E-state index contributed by atoms with van der Waals surface area (Å²) < 4.78 is 13.6. The monoisotopic (exact) mass is 443 g/mol. The van der Waals surface area contributed by atoms with Gasteiger partial charge in [0.05, 0.1) is 25.3 Å². The van der Waals surface area contributed by atoms with Gasteiger partial charge in [-0.3, -0.25) is 0 Å². The predicted molar refractivity (Wildman–Crippen MR) is 125 cm³/mol. The van der Waals surface area contributed by atoms with Crippen LogP contribution in [0.15, 0.2) is 78.9 Å². The number of halogens is 1. The molecule has 32 heavy (non-hydrogen) atoms. The van der Waals surface area contributed by atoms with Crippen molar-refractivity contribution in [3.63, 3.8) is 0 Å². The number of hydrogen-bond donors (Lipinski definition) is 0. The summed E-state index contributed by atoms with van der Waals surface area (Å²) in [5.41, 5.74) is 3.69. The molecule has 0 fully saturated rings. The smallest absolute Gasteiger partial charge is 0.161 e. The van der Waals surface area contributed by atoms with Crippen LogP contribution in [0.2, 0.25) is 5.15 Å². The van der Waals surface area contributed by atoms with Crippen LogP contribution < -0.4 is 9.47 Å². The summed E-state index contributed by atoms with van der Waals surface area (Å²) in [6.07, 6.45) is 0.175. The van der Waals surface area contributed by atoms with Crippen LogP contribution in [-0.2, 0) is 19.6 Å². The van der Waals surface area contributed by atoms with E-state index in [4.69, 9.17) is 21.1 Å². The van der Waals surface area contributed by atoms with Gasteiger partial charge < -0.3 is 14.0 Å². The SMILES string of the molecule is COc1cc(-c2nc(Cl)c(CC#N)n2Cc2ccccc2)ccc1OCc1ccccc1. The molecule has 0 aliphatic rings. The third-order valence-electron chi connectivity index (χ3n) is 5.11. The molecule has 0 N–H and O–H groups in total. The molecular weight excluding hydrogens is 422 g/mol. The fourth-order valence-electron chi connectivity index (χ4n) is 3.52. The van der Waals surface area contributed by atoms with Crippen LogP contribution in [0.3, 0.4) is 0 Å². The van der Waals surface area contributed by atoms with E-state index in [1.54, 1.807) is 7.11 Å². The van der Waals surface area contributed by atoms with E-state index in [1.807, 2.05) is 83.4 Å². The molecule has 0 bridgehead atoms. The lowest BCUT2D eigenvalue weighted by molar-refractivity contribution is 0.284. The lowest BCUT2D eigenvalue weighted by Crippen LogP contribution is -2.06. The molecule has 1 aromatic heterocycles. The Labute approximate surface area is 192 Å². The molecule has 0 saturated carbocycles. The van der Waals surface area contributed by atoms with Gasteiger partial charge in [0.15, 0.2) is 16.7 Å². The van der Waals surface area contributed by atoms with E-state index in [9.17, 15) is 5.26 Å². The second-order valence-corrected chi connectivity index (χ2v) is 7.58. The number of imidazole rings is 1. The highest BCUT2D eigenvalue weighted by atomic mass is 35.5. The minimum atomic E-state index is 0.175. The Bertz CT molecular complexity index is 1230. The normalized spacial score (nSPS) is 10.5. The van der Waals surface area contributed by atoms with Gasteiger partial charge in [-0.2, -0.15) is 5.26 Å². The third kappa shape index (κ3) is 4.77. The number of methoxy groups -OCH3 is 1. The zero-order valence-electron chi connectivity index (χ0n) is 17.7. The second-order valence-electron chi connectivity index (χ2n) is 7.22. The fraction of sp³-hybridized carbons (Fsp3) is 0.154. The van der Waals surface area contributed by atoms with E-state index in [-0.39, 0.29) is 6.42 Å². The Morgan fingerprint density at radius 3 is 2.28 bits per heavy atom. The molecule has 0 amide bonds. The Morgan fingerprint density at radius 1 is 0.938 bits per heavy atom. The molecule has 6 heteroatoms. The number of rotatable bonds is 8. The maximum Gasteiger partial charge on any atom is 0.161 e. The summed E-state index contributed by atoms with van der Waals surface area (Å²) in [5.74, 6) is 1.92. The van der Waals surface area contributed by atoms with Crippen LogP contribution >= 0.6 is 11.6 Å². The van der Waals surface area contributed by atoms with Crippen molar-refractivity contribution in [2.45, 2.75) is 19.6 Å².